The van der Waals surface area contributed by atoms with Crippen LogP contribution in [-0.4, -0.2) is 30.0 Å². The Balaban J connectivity index is 0.00000220. The fraction of sp³-hybridized carbons (Fsp3) is 0.500. The second-order valence-corrected chi connectivity index (χ2v) is 5.31. The maximum absolute atomic E-state index is 12.2. The van der Waals surface area contributed by atoms with Gasteiger partial charge in [0, 0.05) is 23.2 Å². The van der Waals surface area contributed by atoms with Crippen molar-refractivity contribution >= 4 is 24.0 Å². The molecular weight excluding hydrogens is 294 g/mol. The van der Waals surface area contributed by atoms with Gasteiger partial charge in [-0.1, -0.05) is 6.92 Å². The van der Waals surface area contributed by atoms with Crippen molar-refractivity contribution in [2.75, 3.05) is 13.1 Å². The Bertz CT molecular complexity index is 536. The Morgan fingerprint density at radius 3 is 2.76 bits per heavy atom. The highest BCUT2D eigenvalue weighted by molar-refractivity contribution is 5.94. The van der Waals surface area contributed by atoms with Crippen molar-refractivity contribution in [2.45, 2.75) is 26.3 Å². The molecule has 21 heavy (non-hydrogen) atoms. The lowest BCUT2D eigenvalue weighted by Gasteiger charge is -2.30. The third-order valence-corrected chi connectivity index (χ3v) is 3.76. The minimum absolute atomic E-state index is 0. The van der Waals surface area contributed by atoms with Gasteiger partial charge in [0.05, 0.1) is 4.92 Å². The average molecular weight is 314 g/mol. The Morgan fingerprint density at radius 2 is 2.19 bits per heavy atom. The molecule has 1 aliphatic rings. The van der Waals surface area contributed by atoms with Crippen molar-refractivity contribution in [1.29, 1.82) is 0 Å². The first-order chi connectivity index (χ1) is 9.49. The number of carbonyl (C=O) groups excluding carboxylic acids is 1. The van der Waals surface area contributed by atoms with Crippen LogP contribution in [0.3, 0.4) is 0 Å². The summed E-state index contributed by atoms with van der Waals surface area (Å²) >= 11 is 0. The van der Waals surface area contributed by atoms with Gasteiger partial charge in [-0.15, -0.1) is 12.4 Å². The summed E-state index contributed by atoms with van der Waals surface area (Å²) in [4.78, 5) is 22.5. The van der Waals surface area contributed by atoms with Crippen molar-refractivity contribution < 1.29 is 9.72 Å². The quantitative estimate of drug-likeness (QED) is 0.661. The number of benzene rings is 1. The Hall–Kier alpha value is -1.66. The predicted molar refractivity (Wildman–Crippen MR) is 83.0 cm³/mol. The molecule has 0 aliphatic carbocycles. The average Bonchev–Trinajstić information content (AvgIpc) is 2.40. The predicted octanol–water partition coefficient (Wildman–Crippen LogP) is 2.05. The molecule has 2 atom stereocenters. The molecule has 1 amide bonds. The monoisotopic (exact) mass is 313 g/mol. The molecule has 116 valence electrons. The smallest absolute Gasteiger partial charge is 0.272 e. The number of halogens is 1. The normalized spacial score (nSPS) is 21.2. The van der Waals surface area contributed by atoms with Gasteiger partial charge in [0.25, 0.3) is 11.6 Å². The van der Waals surface area contributed by atoms with Gasteiger partial charge in [0.15, 0.2) is 0 Å². The fourth-order valence-corrected chi connectivity index (χ4v) is 2.48. The first kappa shape index (κ1) is 17.4. The number of carbonyl (C=O) groups is 1. The van der Waals surface area contributed by atoms with Gasteiger partial charge < -0.3 is 10.6 Å². The van der Waals surface area contributed by atoms with Crippen molar-refractivity contribution in [3.63, 3.8) is 0 Å². The first-order valence-corrected chi connectivity index (χ1v) is 6.75. The Kier molecular flexibility index (Phi) is 6.11. The number of rotatable bonds is 3. The van der Waals surface area contributed by atoms with E-state index in [-0.39, 0.29) is 30.0 Å². The van der Waals surface area contributed by atoms with Gasteiger partial charge >= 0.3 is 0 Å². The van der Waals surface area contributed by atoms with Gasteiger partial charge in [0.1, 0.15) is 0 Å². The molecular formula is C14H20ClN3O3. The van der Waals surface area contributed by atoms with Crippen LogP contribution in [0.2, 0.25) is 0 Å². The van der Waals surface area contributed by atoms with Gasteiger partial charge in [-0.25, -0.2) is 0 Å². The van der Waals surface area contributed by atoms with Gasteiger partial charge in [-0.3, -0.25) is 14.9 Å². The van der Waals surface area contributed by atoms with E-state index in [9.17, 15) is 14.9 Å². The lowest BCUT2D eigenvalue weighted by molar-refractivity contribution is -0.385. The summed E-state index contributed by atoms with van der Waals surface area (Å²) in [6.45, 7) is 5.53. The molecule has 0 bridgehead atoms. The maximum Gasteiger partial charge on any atom is 0.272 e. The third kappa shape index (κ3) is 4.15. The van der Waals surface area contributed by atoms with Crippen molar-refractivity contribution in [1.82, 2.24) is 10.6 Å². The zero-order valence-corrected chi connectivity index (χ0v) is 12.9. The summed E-state index contributed by atoms with van der Waals surface area (Å²) in [6.07, 6.45) is 0.902. The number of aryl methyl sites for hydroxylation is 1. The second-order valence-electron chi connectivity index (χ2n) is 5.31. The molecule has 1 saturated heterocycles. The minimum Gasteiger partial charge on any atom is -0.349 e. The maximum atomic E-state index is 12.2. The highest BCUT2D eigenvalue weighted by atomic mass is 35.5. The van der Waals surface area contributed by atoms with Gasteiger partial charge in [-0.2, -0.15) is 0 Å². The second kappa shape index (κ2) is 7.38. The molecule has 7 heteroatoms. The van der Waals surface area contributed by atoms with Crippen LogP contribution < -0.4 is 10.6 Å². The van der Waals surface area contributed by atoms with Crippen LogP contribution in [0.4, 0.5) is 5.69 Å². The van der Waals surface area contributed by atoms with Crippen molar-refractivity contribution in [2.24, 2.45) is 5.92 Å². The number of hydrogen-bond acceptors (Lipinski definition) is 4. The molecule has 0 spiro atoms. The third-order valence-electron chi connectivity index (χ3n) is 3.76. The fourth-order valence-electron chi connectivity index (χ4n) is 2.48. The molecule has 2 unspecified atom stereocenters. The molecule has 0 radical (unpaired) electrons. The summed E-state index contributed by atoms with van der Waals surface area (Å²) in [6, 6.07) is 4.61. The van der Waals surface area contributed by atoms with Crippen LogP contribution in [0.15, 0.2) is 18.2 Å². The van der Waals surface area contributed by atoms with E-state index in [1.165, 1.54) is 12.1 Å². The number of nitro groups is 1. The SMILES string of the molecule is Cc1cc(C(=O)NC2CCNCC2C)ccc1[N+](=O)[O-].Cl. The first-order valence-electron chi connectivity index (χ1n) is 6.75. The number of nitrogens with zero attached hydrogens (tertiary/aromatic N) is 1. The van der Waals surface area contributed by atoms with Crippen LogP contribution in [0.1, 0.15) is 29.3 Å². The molecule has 1 aromatic carbocycles. The summed E-state index contributed by atoms with van der Waals surface area (Å²) in [5.74, 6) is 0.216. The van der Waals surface area contributed by atoms with Crippen molar-refractivity contribution in [3.05, 3.63) is 39.4 Å². The van der Waals surface area contributed by atoms with Gasteiger partial charge in [0.2, 0.25) is 0 Å². The van der Waals surface area contributed by atoms with E-state index in [2.05, 4.69) is 17.6 Å². The zero-order chi connectivity index (χ0) is 14.7. The van der Waals surface area contributed by atoms with Crippen molar-refractivity contribution in [3.8, 4) is 0 Å². The van der Waals surface area contributed by atoms with E-state index >= 15 is 0 Å². The number of nitro benzene ring substituents is 1. The number of piperidine rings is 1. The Morgan fingerprint density at radius 1 is 1.48 bits per heavy atom. The van der Waals surface area contributed by atoms with Crippen LogP contribution in [0.25, 0.3) is 0 Å². The topological polar surface area (TPSA) is 84.3 Å². The minimum atomic E-state index is -0.439. The summed E-state index contributed by atoms with van der Waals surface area (Å²) in [7, 11) is 0. The van der Waals surface area contributed by atoms with Crippen LogP contribution in [-0.2, 0) is 0 Å². The van der Waals surface area contributed by atoms with Crippen LogP contribution in [0.5, 0.6) is 0 Å². The molecule has 1 fully saturated rings. The molecule has 1 heterocycles. The number of amides is 1. The molecule has 1 aromatic rings. The molecule has 2 rings (SSSR count). The van der Waals surface area contributed by atoms with Gasteiger partial charge in [-0.05, 0) is 44.5 Å². The van der Waals surface area contributed by atoms with E-state index in [1.54, 1.807) is 13.0 Å². The highest BCUT2D eigenvalue weighted by Crippen LogP contribution is 2.19. The van der Waals surface area contributed by atoms with Crippen LogP contribution in [0, 0.1) is 23.0 Å². The summed E-state index contributed by atoms with van der Waals surface area (Å²) in [5.41, 5.74) is 1.01. The molecule has 0 saturated carbocycles. The molecule has 1 aliphatic heterocycles. The lowest BCUT2D eigenvalue weighted by atomic mass is 9.95. The zero-order valence-electron chi connectivity index (χ0n) is 12.1. The van der Waals surface area contributed by atoms with E-state index in [1.807, 2.05) is 0 Å². The highest BCUT2D eigenvalue weighted by Gasteiger charge is 2.23. The van der Waals surface area contributed by atoms with E-state index in [0.717, 1.165) is 19.5 Å². The molecule has 0 aromatic heterocycles. The van der Waals surface area contributed by atoms with E-state index in [0.29, 0.717) is 17.0 Å². The largest absolute Gasteiger partial charge is 0.349 e. The molecule has 2 N–H and O–H groups in total. The summed E-state index contributed by atoms with van der Waals surface area (Å²) in [5, 5.41) is 17.1. The Labute approximate surface area is 129 Å². The van der Waals surface area contributed by atoms with Crippen LogP contribution >= 0.6 is 12.4 Å². The standard InChI is InChI=1S/C14H19N3O3.ClH/c1-9-7-11(3-4-13(9)17(19)20)14(18)16-12-5-6-15-8-10(12)2;/h3-4,7,10,12,15H,5-6,8H2,1-2H3,(H,16,18);1H. The lowest BCUT2D eigenvalue weighted by Crippen LogP contribution is -2.48. The number of nitrogens with one attached hydrogen (secondary N) is 2. The summed E-state index contributed by atoms with van der Waals surface area (Å²) < 4.78 is 0. The van der Waals surface area contributed by atoms with E-state index in [4.69, 9.17) is 0 Å². The van der Waals surface area contributed by atoms with E-state index < -0.39 is 4.92 Å². The number of hydrogen-bond donors (Lipinski definition) is 2. The molecule has 6 nitrogen and oxygen atoms in total.